The van der Waals surface area contributed by atoms with Crippen molar-refractivity contribution in [2.24, 2.45) is 0 Å². The first-order valence-corrected chi connectivity index (χ1v) is 7.96. The summed E-state index contributed by atoms with van der Waals surface area (Å²) in [5.74, 6) is 1.13. The number of halogens is 1. The molecule has 2 heteroatoms. The summed E-state index contributed by atoms with van der Waals surface area (Å²) in [6.07, 6.45) is 13.4. The normalized spacial score (nSPS) is 14.3. The molecule has 0 unspecified atom stereocenters. The van der Waals surface area contributed by atoms with Crippen LogP contribution in [0, 0.1) is 0 Å². The van der Waals surface area contributed by atoms with Crippen molar-refractivity contribution in [2.75, 3.05) is 12.0 Å². The van der Waals surface area contributed by atoms with Crippen molar-refractivity contribution in [2.45, 2.75) is 46.5 Å². The van der Waals surface area contributed by atoms with E-state index in [2.05, 4.69) is 38.3 Å². The molecule has 0 rings (SSSR count). The fourth-order valence-electron chi connectivity index (χ4n) is 1.47. The molecular weight excluding hydrogens is 248 g/mol. The topological polar surface area (TPSA) is 0 Å². The molecule has 0 atom stereocenters. The molecule has 0 amide bonds. The molecule has 0 saturated heterocycles. The number of rotatable bonds is 8. The minimum absolute atomic E-state index is 0.897. The highest BCUT2D eigenvalue weighted by atomic mass is 35.5. The molecule has 0 spiro atoms. The average molecular weight is 273 g/mol. The summed E-state index contributed by atoms with van der Waals surface area (Å²) in [5, 5.41) is 0.897. The van der Waals surface area contributed by atoms with Gasteiger partial charge < -0.3 is 0 Å². The Balaban J connectivity index is 3.80. The van der Waals surface area contributed by atoms with Crippen LogP contribution >= 0.6 is 23.4 Å². The van der Waals surface area contributed by atoms with Gasteiger partial charge >= 0.3 is 0 Å². The smallest absolute Gasteiger partial charge is 0.0113 e. The molecule has 0 fully saturated rings. The Hall–Kier alpha value is -0.140. The van der Waals surface area contributed by atoms with E-state index in [0.29, 0.717) is 0 Å². The van der Waals surface area contributed by atoms with E-state index in [0.717, 1.165) is 30.0 Å². The van der Waals surface area contributed by atoms with Crippen LogP contribution in [0.3, 0.4) is 0 Å². The van der Waals surface area contributed by atoms with Crippen LogP contribution in [0.25, 0.3) is 0 Å². The molecule has 0 N–H and O–H groups in total. The second-order valence-corrected chi connectivity index (χ2v) is 5.93. The van der Waals surface area contributed by atoms with Crippen molar-refractivity contribution in [3.8, 4) is 0 Å². The lowest BCUT2D eigenvalue weighted by molar-refractivity contribution is 0.920. The van der Waals surface area contributed by atoms with Crippen molar-refractivity contribution in [3.63, 3.8) is 0 Å². The van der Waals surface area contributed by atoms with E-state index >= 15 is 0 Å². The summed E-state index contributed by atoms with van der Waals surface area (Å²) in [6.45, 7) is 6.36. The van der Waals surface area contributed by atoms with Gasteiger partial charge in [-0.25, -0.2) is 0 Å². The van der Waals surface area contributed by atoms with Gasteiger partial charge in [0.2, 0.25) is 0 Å². The highest BCUT2D eigenvalue weighted by Crippen LogP contribution is 2.12. The lowest BCUT2D eigenvalue weighted by Crippen LogP contribution is -1.81. The van der Waals surface area contributed by atoms with Gasteiger partial charge in [0, 0.05) is 10.8 Å². The predicted molar refractivity (Wildman–Crippen MR) is 84.0 cm³/mol. The Bertz CT molecular complexity index is 283. The van der Waals surface area contributed by atoms with Crippen molar-refractivity contribution in [1.29, 1.82) is 0 Å². The summed E-state index contributed by atoms with van der Waals surface area (Å²) >= 11 is 7.66. The minimum Gasteiger partial charge on any atom is -0.161 e. The molecule has 0 radical (unpaired) electrons. The molecule has 0 aliphatic heterocycles. The SMILES string of the molecule is CSC/C=C(\C)CC/C=C(\C)CC/C=C(\C)Cl. The molecule has 0 aromatic rings. The average Bonchev–Trinajstić information content (AvgIpc) is 2.25. The monoisotopic (exact) mass is 272 g/mol. The van der Waals surface area contributed by atoms with Crippen molar-refractivity contribution in [1.82, 2.24) is 0 Å². The third-order valence-electron chi connectivity index (χ3n) is 2.59. The number of hydrogen-bond donors (Lipinski definition) is 0. The van der Waals surface area contributed by atoms with Gasteiger partial charge in [-0.15, -0.1) is 0 Å². The van der Waals surface area contributed by atoms with E-state index in [4.69, 9.17) is 11.6 Å². The zero-order valence-corrected chi connectivity index (χ0v) is 13.1. The summed E-state index contributed by atoms with van der Waals surface area (Å²) in [4.78, 5) is 0. The van der Waals surface area contributed by atoms with Gasteiger partial charge in [-0.05, 0) is 52.7 Å². The van der Waals surface area contributed by atoms with Crippen LogP contribution in [-0.4, -0.2) is 12.0 Å². The van der Waals surface area contributed by atoms with Gasteiger partial charge in [-0.3, -0.25) is 0 Å². The van der Waals surface area contributed by atoms with Gasteiger partial charge in [0.25, 0.3) is 0 Å². The van der Waals surface area contributed by atoms with E-state index in [-0.39, 0.29) is 0 Å². The van der Waals surface area contributed by atoms with Crippen LogP contribution in [0.5, 0.6) is 0 Å². The second kappa shape index (κ2) is 11.0. The molecule has 0 bridgehead atoms. The molecule has 17 heavy (non-hydrogen) atoms. The quantitative estimate of drug-likeness (QED) is 0.492. The van der Waals surface area contributed by atoms with Crippen molar-refractivity contribution < 1.29 is 0 Å². The van der Waals surface area contributed by atoms with E-state index in [1.54, 1.807) is 0 Å². The Morgan fingerprint density at radius 3 is 2.00 bits per heavy atom. The highest BCUT2D eigenvalue weighted by Gasteiger charge is 1.91. The van der Waals surface area contributed by atoms with E-state index in [1.165, 1.54) is 17.6 Å². The summed E-state index contributed by atoms with van der Waals surface area (Å²) < 4.78 is 0. The molecule has 0 aliphatic carbocycles. The molecule has 98 valence electrons. The zero-order chi connectivity index (χ0) is 13.1. The molecule has 0 saturated carbocycles. The summed E-state index contributed by atoms with van der Waals surface area (Å²) in [7, 11) is 0. The highest BCUT2D eigenvalue weighted by molar-refractivity contribution is 7.98. The van der Waals surface area contributed by atoms with Crippen LogP contribution in [0.2, 0.25) is 0 Å². The second-order valence-electron chi connectivity index (χ2n) is 4.42. The van der Waals surface area contributed by atoms with Crippen LogP contribution in [-0.2, 0) is 0 Å². The molecular formula is C15H25ClS. The Labute approximate surface area is 116 Å². The zero-order valence-electron chi connectivity index (χ0n) is 11.6. The first-order chi connectivity index (χ1) is 8.06. The Morgan fingerprint density at radius 2 is 1.47 bits per heavy atom. The fraction of sp³-hybridized carbons (Fsp3) is 0.600. The molecule has 0 aromatic heterocycles. The van der Waals surface area contributed by atoms with Crippen LogP contribution < -0.4 is 0 Å². The first-order valence-electron chi connectivity index (χ1n) is 6.18. The van der Waals surface area contributed by atoms with Gasteiger partial charge in [-0.1, -0.05) is 41.0 Å². The van der Waals surface area contributed by atoms with E-state index in [9.17, 15) is 0 Å². The van der Waals surface area contributed by atoms with Crippen molar-refractivity contribution in [3.05, 3.63) is 34.4 Å². The van der Waals surface area contributed by atoms with Gasteiger partial charge in [-0.2, -0.15) is 11.8 Å². The van der Waals surface area contributed by atoms with Crippen molar-refractivity contribution >= 4 is 23.4 Å². The van der Waals surface area contributed by atoms with E-state index in [1.807, 2.05) is 18.7 Å². The maximum Gasteiger partial charge on any atom is 0.0113 e. The van der Waals surface area contributed by atoms with Crippen LogP contribution in [0.15, 0.2) is 34.4 Å². The molecule has 0 aromatic carbocycles. The Morgan fingerprint density at radius 1 is 0.941 bits per heavy atom. The van der Waals surface area contributed by atoms with Gasteiger partial charge in [0.05, 0.1) is 0 Å². The number of thioether (sulfide) groups is 1. The fourth-order valence-corrected chi connectivity index (χ4v) is 2.03. The maximum atomic E-state index is 5.79. The largest absolute Gasteiger partial charge is 0.161 e. The minimum atomic E-state index is 0.897. The third-order valence-corrected chi connectivity index (χ3v) is 3.25. The van der Waals surface area contributed by atoms with E-state index < -0.39 is 0 Å². The third kappa shape index (κ3) is 12.1. The predicted octanol–water partition coefficient (Wildman–Crippen LogP) is 5.95. The number of hydrogen-bond acceptors (Lipinski definition) is 1. The summed E-state index contributed by atoms with van der Waals surface area (Å²) in [6, 6.07) is 0. The van der Waals surface area contributed by atoms with Gasteiger partial charge in [0.15, 0.2) is 0 Å². The lowest BCUT2D eigenvalue weighted by atomic mass is 10.1. The number of allylic oxidation sites excluding steroid dienone is 5. The first kappa shape index (κ1) is 16.9. The Kier molecular flexibility index (Phi) is 10.9. The summed E-state index contributed by atoms with van der Waals surface area (Å²) in [5.41, 5.74) is 2.97. The van der Waals surface area contributed by atoms with Crippen LogP contribution in [0.1, 0.15) is 46.5 Å². The molecule has 0 aliphatic rings. The van der Waals surface area contributed by atoms with Crippen LogP contribution in [0.4, 0.5) is 0 Å². The van der Waals surface area contributed by atoms with Gasteiger partial charge in [0.1, 0.15) is 0 Å². The maximum absolute atomic E-state index is 5.79. The lowest BCUT2D eigenvalue weighted by Gasteiger charge is -2.01. The standard InChI is InChI=1S/C15H25ClS/c1-13(9-6-10-15(3)16)7-5-8-14(2)11-12-17-4/h7,10-11H,5-6,8-9,12H2,1-4H3/b13-7+,14-11+,15-10+. The molecule has 0 nitrogen and oxygen atoms in total. The molecule has 0 heterocycles.